The zero-order chi connectivity index (χ0) is 22.0. The molecule has 0 radical (unpaired) electrons. The second kappa shape index (κ2) is 8.79. The number of nitrogens with one attached hydrogen (secondary N) is 1. The van der Waals surface area contributed by atoms with Crippen LogP contribution in [0, 0.1) is 12.7 Å². The van der Waals surface area contributed by atoms with E-state index < -0.39 is 11.7 Å². The SMILES string of the molecule is Cc1ncc(CO)c2cc(C(=O)Nc3ccc(Br)cc3)c(=Nc3ccc(F)cc3)oc12. The van der Waals surface area contributed by atoms with E-state index in [1.165, 1.54) is 24.3 Å². The first kappa shape index (κ1) is 20.9. The molecular formula is C23H17BrFN3O3. The molecule has 2 heterocycles. The Morgan fingerprint density at radius 1 is 1.19 bits per heavy atom. The number of aromatic nitrogens is 1. The van der Waals surface area contributed by atoms with Crippen molar-refractivity contribution in [2.75, 3.05) is 5.32 Å². The average Bonchev–Trinajstić information content (AvgIpc) is 2.77. The third-order valence-corrected chi connectivity index (χ3v) is 5.15. The number of halogens is 2. The normalized spacial score (nSPS) is 11.7. The second-order valence-corrected chi connectivity index (χ2v) is 7.70. The highest BCUT2D eigenvalue weighted by molar-refractivity contribution is 9.10. The van der Waals surface area contributed by atoms with Crippen LogP contribution in [-0.2, 0) is 6.61 Å². The van der Waals surface area contributed by atoms with Crippen molar-refractivity contribution in [3.05, 3.63) is 93.5 Å². The summed E-state index contributed by atoms with van der Waals surface area (Å²) in [6.07, 6.45) is 1.54. The molecule has 0 fully saturated rings. The summed E-state index contributed by atoms with van der Waals surface area (Å²) in [5.74, 6) is -0.831. The number of benzene rings is 2. The van der Waals surface area contributed by atoms with Crippen LogP contribution >= 0.6 is 15.9 Å². The van der Waals surface area contributed by atoms with Crippen molar-refractivity contribution in [3.8, 4) is 0 Å². The predicted molar refractivity (Wildman–Crippen MR) is 118 cm³/mol. The lowest BCUT2D eigenvalue weighted by Crippen LogP contribution is -2.22. The smallest absolute Gasteiger partial charge is 0.261 e. The maximum atomic E-state index is 13.3. The number of hydrogen-bond donors (Lipinski definition) is 2. The van der Waals surface area contributed by atoms with Crippen molar-refractivity contribution in [3.63, 3.8) is 0 Å². The summed E-state index contributed by atoms with van der Waals surface area (Å²) in [4.78, 5) is 21.8. The minimum absolute atomic E-state index is 0.0497. The van der Waals surface area contributed by atoms with Crippen LogP contribution in [0.15, 0.2) is 74.7 Å². The molecule has 0 saturated carbocycles. The maximum absolute atomic E-state index is 13.3. The molecule has 1 amide bonds. The van der Waals surface area contributed by atoms with Crippen LogP contribution in [-0.4, -0.2) is 16.0 Å². The van der Waals surface area contributed by atoms with Gasteiger partial charge in [-0.25, -0.2) is 9.38 Å². The van der Waals surface area contributed by atoms with Crippen LogP contribution in [0.2, 0.25) is 0 Å². The van der Waals surface area contributed by atoms with Gasteiger partial charge in [0.25, 0.3) is 5.91 Å². The van der Waals surface area contributed by atoms with Crippen LogP contribution in [0.25, 0.3) is 11.0 Å². The Kier molecular flexibility index (Phi) is 5.92. The molecule has 4 aromatic rings. The molecule has 6 nitrogen and oxygen atoms in total. The summed E-state index contributed by atoms with van der Waals surface area (Å²) in [5.41, 5.74) is 2.75. The summed E-state index contributed by atoms with van der Waals surface area (Å²) in [5, 5.41) is 13.1. The number of hydrogen-bond acceptors (Lipinski definition) is 5. The molecular weight excluding hydrogens is 465 g/mol. The molecule has 0 spiro atoms. The number of carbonyl (C=O) groups excluding carboxylic acids is 1. The fourth-order valence-electron chi connectivity index (χ4n) is 3.02. The van der Waals surface area contributed by atoms with Crippen molar-refractivity contribution in [2.45, 2.75) is 13.5 Å². The van der Waals surface area contributed by atoms with Gasteiger partial charge in [-0.3, -0.25) is 9.78 Å². The molecule has 4 rings (SSSR count). The first-order chi connectivity index (χ1) is 14.9. The number of pyridine rings is 1. The van der Waals surface area contributed by atoms with Crippen LogP contribution in [0.4, 0.5) is 15.8 Å². The van der Waals surface area contributed by atoms with Crippen molar-refractivity contribution in [1.82, 2.24) is 4.98 Å². The van der Waals surface area contributed by atoms with Gasteiger partial charge in [-0.1, -0.05) is 15.9 Å². The lowest BCUT2D eigenvalue weighted by molar-refractivity contribution is 0.102. The molecule has 2 N–H and O–H groups in total. The van der Waals surface area contributed by atoms with Gasteiger partial charge in [0.2, 0.25) is 5.55 Å². The van der Waals surface area contributed by atoms with Gasteiger partial charge >= 0.3 is 0 Å². The molecule has 2 aromatic heterocycles. The Bertz CT molecular complexity index is 1330. The molecule has 0 atom stereocenters. The number of aliphatic hydroxyl groups excluding tert-OH is 1. The van der Waals surface area contributed by atoms with Gasteiger partial charge in [-0.15, -0.1) is 0 Å². The Morgan fingerprint density at radius 3 is 2.58 bits per heavy atom. The zero-order valence-electron chi connectivity index (χ0n) is 16.4. The standard InChI is InChI=1S/C23H17BrFN3O3/c1-13-21-19(14(12-29)11-26-13)10-20(22(30)27-17-6-2-15(24)3-7-17)23(31-21)28-18-8-4-16(25)5-9-18/h2-11,29H,12H2,1H3,(H,27,30). The zero-order valence-corrected chi connectivity index (χ0v) is 18.0. The topological polar surface area (TPSA) is 87.7 Å². The highest BCUT2D eigenvalue weighted by atomic mass is 79.9. The van der Waals surface area contributed by atoms with Gasteiger partial charge in [0.05, 0.1) is 18.0 Å². The summed E-state index contributed by atoms with van der Waals surface area (Å²) in [6, 6.07) is 14.3. The van der Waals surface area contributed by atoms with Crippen molar-refractivity contribution in [2.24, 2.45) is 4.99 Å². The molecule has 8 heteroatoms. The molecule has 31 heavy (non-hydrogen) atoms. The molecule has 2 aromatic carbocycles. The van der Waals surface area contributed by atoms with E-state index in [0.717, 1.165) is 4.47 Å². The third kappa shape index (κ3) is 4.55. The van der Waals surface area contributed by atoms with Crippen molar-refractivity contribution in [1.29, 1.82) is 0 Å². The average molecular weight is 482 g/mol. The number of carbonyl (C=O) groups is 1. The Balaban J connectivity index is 1.90. The van der Waals surface area contributed by atoms with E-state index in [9.17, 15) is 14.3 Å². The van der Waals surface area contributed by atoms with Gasteiger partial charge in [-0.05, 0) is 61.5 Å². The van der Waals surface area contributed by atoms with E-state index >= 15 is 0 Å². The lowest BCUT2D eigenvalue weighted by Gasteiger charge is -2.10. The summed E-state index contributed by atoms with van der Waals surface area (Å²) in [6.45, 7) is 1.50. The molecule has 156 valence electrons. The van der Waals surface area contributed by atoms with Gasteiger partial charge < -0.3 is 14.8 Å². The second-order valence-electron chi connectivity index (χ2n) is 6.78. The molecule has 0 unspecified atom stereocenters. The number of aryl methyl sites for hydroxylation is 1. The number of aliphatic hydroxyl groups is 1. The van der Waals surface area contributed by atoms with Gasteiger partial charge in [0.1, 0.15) is 11.4 Å². The van der Waals surface area contributed by atoms with Crippen molar-refractivity contribution < 1.29 is 18.7 Å². The predicted octanol–water partition coefficient (Wildman–Crippen LogP) is 5.01. The lowest BCUT2D eigenvalue weighted by atomic mass is 10.1. The van der Waals surface area contributed by atoms with E-state index in [0.29, 0.717) is 33.6 Å². The van der Waals surface area contributed by atoms with Crippen LogP contribution in [0.3, 0.4) is 0 Å². The maximum Gasteiger partial charge on any atom is 0.261 e. The fraction of sp³-hybridized carbons (Fsp3) is 0.0870. The third-order valence-electron chi connectivity index (χ3n) is 4.63. The number of anilines is 1. The molecule has 0 aliphatic heterocycles. The minimum Gasteiger partial charge on any atom is -0.436 e. The van der Waals surface area contributed by atoms with Crippen LogP contribution in [0.5, 0.6) is 0 Å². The summed E-state index contributed by atoms with van der Waals surface area (Å²) >= 11 is 3.36. The highest BCUT2D eigenvalue weighted by Crippen LogP contribution is 2.22. The molecule has 0 aliphatic carbocycles. The fourth-order valence-corrected chi connectivity index (χ4v) is 3.29. The summed E-state index contributed by atoms with van der Waals surface area (Å²) < 4.78 is 20.1. The summed E-state index contributed by atoms with van der Waals surface area (Å²) in [7, 11) is 0. The number of amides is 1. The molecule has 0 saturated heterocycles. The van der Waals surface area contributed by atoms with Gasteiger partial charge in [-0.2, -0.15) is 0 Å². The number of nitrogens with zero attached hydrogens (tertiary/aromatic N) is 2. The highest BCUT2D eigenvalue weighted by Gasteiger charge is 2.16. The van der Waals surface area contributed by atoms with Crippen LogP contribution < -0.4 is 10.9 Å². The van der Waals surface area contributed by atoms with E-state index in [-0.39, 0.29) is 17.7 Å². The van der Waals surface area contributed by atoms with E-state index in [1.54, 1.807) is 31.3 Å². The van der Waals surface area contributed by atoms with E-state index in [2.05, 4.69) is 31.2 Å². The Hall–Kier alpha value is -3.36. The Morgan fingerprint density at radius 2 is 1.90 bits per heavy atom. The Labute approximate surface area is 185 Å². The first-order valence-corrected chi connectivity index (χ1v) is 10.1. The van der Waals surface area contributed by atoms with E-state index in [1.807, 2.05) is 12.1 Å². The van der Waals surface area contributed by atoms with Crippen LogP contribution in [0.1, 0.15) is 21.6 Å². The first-order valence-electron chi connectivity index (χ1n) is 9.35. The molecule has 0 bridgehead atoms. The number of rotatable bonds is 4. The largest absolute Gasteiger partial charge is 0.436 e. The molecule has 0 aliphatic rings. The monoisotopic (exact) mass is 481 g/mol. The quantitative estimate of drug-likeness (QED) is 0.428. The minimum atomic E-state index is -0.438. The van der Waals surface area contributed by atoms with Crippen molar-refractivity contribution >= 4 is 44.2 Å². The van der Waals surface area contributed by atoms with E-state index in [4.69, 9.17) is 4.42 Å². The van der Waals surface area contributed by atoms with Gasteiger partial charge in [0.15, 0.2) is 5.58 Å². The van der Waals surface area contributed by atoms with Gasteiger partial charge in [0, 0.05) is 27.3 Å². The number of fused-ring (bicyclic) bond motifs is 1.